The molecule has 3 aromatic rings. The molecule has 1 fully saturated rings. The van der Waals surface area contributed by atoms with Gasteiger partial charge in [-0.3, -0.25) is 0 Å². The summed E-state index contributed by atoms with van der Waals surface area (Å²) in [5.41, 5.74) is 2.43. The van der Waals surface area contributed by atoms with E-state index in [1.54, 1.807) is 0 Å². The van der Waals surface area contributed by atoms with Crippen LogP contribution in [0.2, 0.25) is 0 Å². The number of hydrogen-bond acceptors (Lipinski definition) is 1. The number of fused-ring (bicyclic) bond motifs is 3. The van der Waals surface area contributed by atoms with Crippen molar-refractivity contribution in [3.05, 3.63) is 67.9 Å². The van der Waals surface area contributed by atoms with Crippen LogP contribution >= 0.6 is 0 Å². The maximum atomic E-state index is 3.87. The molecule has 0 bridgehead atoms. The molecule has 1 aliphatic heterocycles. The molecule has 118 valence electrons. The highest BCUT2D eigenvalue weighted by Gasteiger charge is 2.06. The largest absolute Gasteiger partial charge is 0.378 e. The van der Waals surface area contributed by atoms with Crippen LogP contribution in [-0.2, 0) is 0 Å². The molecule has 23 heavy (non-hydrogen) atoms. The number of piperidine rings is 1. The Bertz CT molecular complexity index is 754. The van der Waals surface area contributed by atoms with Gasteiger partial charge < -0.3 is 9.47 Å². The van der Waals surface area contributed by atoms with Crippen LogP contribution in [0.1, 0.15) is 19.3 Å². The number of hydrogen-bond donors (Lipinski definition) is 0. The average molecular weight is 304 g/mol. The minimum absolute atomic E-state index is 1.22. The zero-order valence-electron chi connectivity index (χ0n) is 13.6. The molecular formula is C21H24N2. The first-order valence-corrected chi connectivity index (χ1v) is 8.32. The highest BCUT2D eigenvalue weighted by molar-refractivity contribution is 6.09. The Labute approximate surface area is 138 Å². The molecular weight excluding hydrogens is 280 g/mol. The Hall–Kier alpha value is -2.48. The Kier molecular flexibility index (Phi) is 4.82. The molecule has 4 rings (SSSR count). The standard InChI is InChI=1S/C14H11N.C7H13N/c1-2-15-13-9-5-3-7-11(13)12-8-4-6-10-14(12)15;1-2-8-6-4-3-5-7-8/h2-10H,1H2;2H,1,3-7H2. The Balaban J connectivity index is 0.000000166. The third-order valence-corrected chi connectivity index (χ3v) is 4.45. The van der Waals surface area contributed by atoms with Crippen LogP contribution in [0.3, 0.4) is 0 Å². The number of nitrogens with zero attached hydrogens (tertiary/aromatic N) is 2. The van der Waals surface area contributed by atoms with Crippen LogP contribution in [0.25, 0.3) is 28.0 Å². The first-order chi connectivity index (χ1) is 11.3. The highest BCUT2D eigenvalue weighted by atomic mass is 15.1. The molecule has 0 aliphatic carbocycles. The first kappa shape index (κ1) is 15.4. The minimum atomic E-state index is 1.22. The molecule has 0 atom stereocenters. The summed E-state index contributed by atoms with van der Waals surface area (Å²) < 4.78 is 2.13. The lowest BCUT2D eigenvalue weighted by molar-refractivity contribution is 0.310. The minimum Gasteiger partial charge on any atom is -0.378 e. The predicted octanol–water partition coefficient (Wildman–Crippen LogP) is 5.51. The van der Waals surface area contributed by atoms with Gasteiger partial charge in [-0.25, -0.2) is 0 Å². The maximum Gasteiger partial charge on any atom is 0.0534 e. The molecule has 0 radical (unpaired) electrons. The van der Waals surface area contributed by atoms with Crippen molar-refractivity contribution in [1.82, 2.24) is 9.47 Å². The SMILES string of the molecule is C=CN1CCCCC1.C=Cn1c2ccccc2c2ccccc21. The lowest BCUT2D eigenvalue weighted by Gasteiger charge is -2.23. The van der Waals surface area contributed by atoms with E-state index in [1.807, 2.05) is 12.4 Å². The van der Waals surface area contributed by atoms with E-state index in [1.165, 1.54) is 54.2 Å². The molecule has 2 heteroatoms. The van der Waals surface area contributed by atoms with Gasteiger partial charge in [0.25, 0.3) is 0 Å². The van der Waals surface area contributed by atoms with Crippen LogP contribution in [0.15, 0.2) is 67.9 Å². The summed E-state index contributed by atoms with van der Waals surface area (Å²) in [4.78, 5) is 2.28. The second kappa shape index (κ2) is 7.19. The quantitative estimate of drug-likeness (QED) is 0.606. The zero-order valence-corrected chi connectivity index (χ0v) is 13.6. The van der Waals surface area contributed by atoms with E-state index in [2.05, 4.69) is 71.2 Å². The van der Waals surface area contributed by atoms with Crippen LogP contribution in [0.5, 0.6) is 0 Å². The van der Waals surface area contributed by atoms with E-state index >= 15 is 0 Å². The predicted molar refractivity (Wildman–Crippen MR) is 101 cm³/mol. The monoisotopic (exact) mass is 304 g/mol. The number of rotatable bonds is 2. The van der Waals surface area contributed by atoms with E-state index in [0.717, 1.165) is 0 Å². The molecule has 1 aliphatic rings. The van der Waals surface area contributed by atoms with Crippen molar-refractivity contribution in [1.29, 1.82) is 0 Å². The lowest BCUT2D eigenvalue weighted by atomic mass is 10.1. The average Bonchev–Trinajstić information content (AvgIpc) is 2.97. The van der Waals surface area contributed by atoms with Crippen molar-refractivity contribution >= 4 is 28.0 Å². The number of aromatic nitrogens is 1. The van der Waals surface area contributed by atoms with E-state index in [4.69, 9.17) is 0 Å². The topological polar surface area (TPSA) is 8.17 Å². The molecule has 0 saturated carbocycles. The molecule has 1 saturated heterocycles. The van der Waals surface area contributed by atoms with Crippen molar-refractivity contribution in [3.63, 3.8) is 0 Å². The Morgan fingerprint density at radius 3 is 1.65 bits per heavy atom. The Morgan fingerprint density at radius 1 is 0.696 bits per heavy atom. The fourth-order valence-corrected chi connectivity index (χ4v) is 3.25. The summed E-state index contributed by atoms with van der Waals surface area (Å²) in [6, 6.07) is 16.8. The highest BCUT2D eigenvalue weighted by Crippen LogP contribution is 2.28. The van der Waals surface area contributed by atoms with Gasteiger partial charge in [-0.2, -0.15) is 0 Å². The van der Waals surface area contributed by atoms with Crippen molar-refractivity contribution in [3.8, 4) is 0 Å². The summed E-state index contributed by atoms with van der Waals surface area (Å²) in [7, 11) is 0. The van der Waals surface area contributed by atoms with E-state index < -0.39 is 0 Å². The van der Waals surface area contributed by atoms with Crippen molar-refractivity contribution in [2.45, 2.75) is 19.3 Å². The number of para-hydroxylation sites is 2. The molecule has 1 aromatic heterocycles. The van der Waals surface area contributed by atoms with E-state index in [9.17, 15) is 0 Å². The second-order valence-corrected chi connectivity index (χ2v) is 5.87. The summed E-state index contributed by atoms with van der Waals surface area (Å²) >= 11 is 0. The molecule has 2 aromatic carbocycles. The smallest absolute Gasteiger partial charge is 0.0534 e. The van der Waals surface area contributed by atoms with Gasteiger partial charge in [0, 0.05) is 30.1 Å². The molecule has 2 heterocycles. The van der Waals surface area contributed by atoms with Gasteiger partial charge in [0.15, 0.2) is 0 Å². The van der Waals surface area contributed by atoms with Crippen LogP contribution in [-0.4, -0.2) is 22.6 Å². The van der Waals surface area contributed by atoms with Crippen LogP contribution < -0.4 is 0 Å². The fourth-order valence-electron chi connectivity index (χ4n) is 3.25. The van der Waals surface area contributed by atoms with Crippen LogP contribution in [0, 0.1) is 0 Å². The number of benzene rings is 2. The van der Waals surface area contributed by atoms with Gasteiger partial charge in [0.1, 0.15) is 0 Å². The van der Waals surface area contributed by atoms with E-state index in [-0.39, 0.29) is 0 Å². The molecule has 2 nitrogen and oxygen atoms in total. The van der Waals surface area contributed by atoms with Gasteiger partial charge in [-0.05, 0) is 37.6 Å². The summed E-state index contributed by atoms with van der Waals surface area (Å²) in [5, 5.41) is 2.57. The maximum absolute atomic E-state index is 3.87. The summed E-state index contributed by atoms with van der Waals surface area (Å²) in [6.07, 6.45) is 7.92. The lowest BCUT2D eigenvalue weighted by Crippen LogP contribution is -2.23. The fraction of sp³-hybridized carbons (Fsp3) is 0.238. The molecule has 0 N–H and O–H groups in total. The molecule has 0 amide bonds. The van der Waals surface area contributed by atoms with Gasteiger partial charge in [-0.1, -0.05) is 49.6 Å². The number of likely N-dealkylation sites (tertiary alicyclic amines) is 1. The third kappa shape index (κ3) is 3.16. The van der Waals surface area contributed by atoms with Gasteiger partial charge in [0.05, 0.1) is 11.0 Å². The van der Waals surface area contributed by atoms with Gasteiger partial charge in [0.2, 0.25) is 0 Å². The molecule has 0 unspecified atom stereocenters. The van der Waals surface area contributed by atoms with Crippen LogP contribution in [0.4, 0.5) is 0 Å². The van der Waals surface area contributed by atoms with E-state index in [0.29, 0.717) is 0 Å². The summed E-state index contributed by atoms with van der Waals surface area (Å²) in [5.74, 6) is 0. The van der Waals surface area contributed by atoms with Gasteiger partial charge in [-0.15, -0.1) is 0 Å². The van der Waals surface area contributed by atoms with Crippen molar-refractivity contribution in [2.24, 2.45) is 0 Å². The Morgan fingerprint density at radius 2 is 1.22 bits per heavy atom. The van der Waals surface area contributed by atoms with Gasteiger partial charge >= 0.3 is 0 Å². The normalized spacial score (nSPS) is 14.3. The zero-order chi connectivity index (χ0) is 16.1. The van der Waals surface area contributed by atoms with Crippen molar-refractivity contribution in [2.75, 3.05) is 13.1 Å². The first-order valence-electron chi connectivity index (χ1n) is 8.32. The second-order valence-electron chi connectivity index (χ2n) is 5.87. The third-order valence-electron chi connectivity index (χ3n) is 4.45. The van der Waals surface area contributed by atoms with Crippen molar-refractivity contribution < 1.29 is 0 Å². The summed E-state index contributed by atoms with van der Waals surface area (Å²) in [6.45, 7) is 10.0. The molecule has 0 spiro atoms.